The standard InChI is InChI=1S/C28H36F3N3O3/c1-27(2,30)18-33-14-10-19(11-15-33)17-37-24-9-8-20(16-22(24)29)21-6-3-4-12-28(21,31)26(36)34-13-5-7-23(34)25(32)35/h3-4,6,8-9,12,16,19,21,23H,5,7,10-11,13-15,17-18H2,1-2H3,(H2,32,35)/t21?,23-,28?/m0/s1. The first-order valence-corrected chi connectivity index (χ1v) is 13.0. The summed E-state index contributed by atoms with van der Waals surface area (Å²) in [4.78, 5) is 28.3. The lowest BCUT2D eigenvalue weighted by Crippen LogP contribution is -2.53. The molecule has 9 heteroatoms. The summed E-state index contributed by atoms with van der Waals surface area (Å²) in [6, 6.07) is 3.38. The normalized spacial score (nSPS) is 27.0. The first-order chi connectivity index (χ1) is 17.5. The number of carbonyl (C=O) groups is 2. The molecule has 0 radical (unpaired) electrons. The quantitative estimate of drug-likeness (QED) is 0.562. The van der Waals surface area contributed by atoms with Gasteiger partial charge in [-0.2, -0.15) is 0 Å². The second-order valence-corrected chi connectivity index (χ2v) is 11.0. The fraction of sp³-hybridized carbons (Fsp3) is 0.571. The fourth-order valence-electron chi connectivity index (χ4n) is 5.58. The van der Waals surface area contributed by atoms with E-state index in [1.807, 2.05) is 0 Å². The Hall–Kier alpha value is -2.81. The predicted molar refractivity (Wildman–Crippen MR) is 135 cm³/mol. The number of likely N-dealkylation sites (tertiary alicyclic amines) is 2. The Morgan fingerprint density at radius 1 is 1.16 bits per heavy atom. The molecule has 3 aliphatic rings. The van der Waals surface area contributed by atoms with E-state index in [-0.39, 0.29) is 18.2 Å². The summed E-state index contributed by atoms with van der Waals surface area (Å²) in [6.45, 7) is 5.65. The Balaban J connectivity index is 1.41. The maximum atomic E-state index is 16.3. The molecule has 2 amide bonds. The van der Waals surface area contributed by atoms with E-state index in [2.05, 4.69) is 4.90 Å². The van der Waals surface area contributed by atoms with Gasteiger partial charge in [0.25, 0.3) is 5.91 Å². The summed E-state index contributed by atoms with van der Waals surface area (Å²) < 4.78 is 51.0. The van der Waals surface area contributed by atoms with Gasteiger partial charge < -0.3 is 20.3 Å². The van der Waals surface area contributed by atoms with Crippen LogP contribution >= 0.6 is 0 Å². The van der Waals surface area contributed by atoms with Gasteiger partial charge in [-0.3, -0.25) is 9.59 Å². The topological polar surface area (TPSA) is 75.9 Å². The van der Waals surface area contributed by atoms with Gasteiger partial charge in [0.05, 0.1) is 6.61 Å². The number of hydrogen-bond acceptors (Lipinski definition) is 4. The molecule has 202 valence electrons. The number of carbonyl (C=O) groups excluding carboxylic acids is 2. The Morgan fingerprint density at radius 3 is 2.54 bits per heavy atom. The van der Waals surface area contributed by atoms with Crippen LogP contribution in [-0.2, 0) is 9.59 Å². The van der Waals surface area contributed by atoms with Crippen molar-refractivity contribution < 1.29 is 27.5 Å². The molecule has 2 aliphatic heterocycles. The Morgan fingerprint density at radius 2 is 1.89 bits per heavy atom. The fourth-order valence-corrected chi connectivity index (χ4v) is 5.58. The lowest BCUT2D eigenvalue weighted by Gasteiger charge is -2.35. The summed E-state index contributed by atoms with van der Waals surface area (Å²) in [5.41, 5.74) is 2.01. The van der Waals surface area contributed by atoms with Crippen LogP contribution in [0.2, 0.25) is 0 Å². The number of piperidine rings is 1. The van der Waals surface area contributed by atoms with Crippen LogP contribution in [0.4, 0.5) is 13.2 Å². The smallest absolute Gasteiger partial charge is 0.265 e. The maximum absolute atomic E-state index is 16.3. The third-order valence-corrected chi connectivity index (χ3v) is 7.47. The molecular formula is C28H36F3N3O3. The second-order valence-electron chi connectivity index (χ2n) is 11.0. The van der Waals surface area contributed by atoms with Gasteiger partial charge in [-0.1, -0.05) is 24.3 Å². The largest absolute Gasteiger partial charge is 0.490 e. The van der Waals surface area contributed by atoms with Gasteiger partial charge >= 0.3 is 0 Å². The van der Waals surface area contributed by atoms with E-state index in [4.69, 9.17) is 10.5 Å². The van der Waals surface area contributed by atoms with Gasteiger partial charge in [-0.15, -0.1) is 0 Å². The van der Waals surface area contributed by atoms with E-state index < -0.39 is 40.9 Å². The number of alkyl halides is 2. The molecule has 37 heavy (non-hydrogen) atoms. The molecule has 2 fully saturated rings. The van der Waals surface area contributed by atoms with Crippen LogP contribution in [0.15, 0.2) is 42.5 Å². The number of primary amides is 1. The lowest BCUT2D eigenvalue weighted by atomic mass is 9.79. The van der Waals surface area contributed by atoms with E-state index in [9.17, 15) is 14.0 Å². The summed E-state index contributed by atoms with van der Waals surface area (Å²) in [7, 11) is 0. The predicted octanol–water partition coefficient (Wildman–Crippen LogP) is 4.06. The first kappa shape index (κ1) is 27.2. The summed E-state index contributed by atoms with van der Waals surface area (Å²) in [5.74, 6) is -2.90. The van der Waals surface area contributed by atoms with Crippen molar-refractivity contribution in [2.45, 2.75) is 62.8 Å². The minimum atomic E-state index is -2.47. The zero-order valence-electron chi connectivity index (χ0n) is 21.5. The third-order valence-electron chi connectivity index (χ3n) is 7.47. The maximum Gasteiger partial charge on any atom is 0.265 e. The van der Waals surface area contributed by atoms with Crippen molar-refractivity contribution in [1.82, 2.24) is 9.80 Å². The van der Waals surface area contributed by atoms with E-state index >= 15 is 8.78 Å². The number of benzene rings is 1. The van der Waals surface area contributed by atoms with Crippen LogP contribution in [0.25, 0.3) is 0 Å². The number of halogens is 3. The summed E-state index contributed by atoms with van der Waals surface area (Å²) in [6.07, 6.45) is 8.38. The van der Waals surface area contributed by atoms with Gasteiger partial charge in [-0.25, -0.2) is 13.2 Å². The molecule has 2 unspecified atom stereocenters. The second kappa shape index (κ2) is 10.9. The molecule has 2 heterocycles. The first-order valence-electron chi connectivity index (χ1n) is 13.0. The SMILES string of the molecule is CC(C)(F)CN1CCC(COc2ccc(C3C=CC=CC3(F)C(=O)N3CCC[C@H]3C(N)=O)cc2F)CC1. The van der Waals surface area contributed by atoms with Crippen molar-refractivity contribution in [2.75, 3.05) is 32.8 Å². The Kier molecular flexibility index (Phi) is 8.02. The van der Waals surface area contributed by atoms with Crippen molar-refractivity contribution in [3.8, 4) is 5.75 Å². The number of nitrogens with zero attached hydrogens (tertiary/aromatic N) is 2. The highest BCUT2D eigenvalue weighted by atomic mass is 19.1. The van der Waals surface area contributed by atoms with Gasteiger partial charge in [0, 0.05) is 19.0 Å². The van der Waals surface area contributed by atoms with Crippen LogP contribution in [-0.4, -0.2) is 71.8 Å². The van der Waals surface area contributed by atoms with Crippen LogP contribution in [0.3, 0.4) is 0 Å². The molecule has 0 saturated carbocycles. The molecule has 1 aromatic carbocycles. The highest BCUT2D eigenvalue weighted by Gasteiger charge is 2.50. The summed E-state index contributed by atoms with van der Waals surface area (Å²) >= 11 is 0. The monoisotopic (exact) mass is 519 g/mol. The number of hydrogen-bond donors (Lipinski definition) is 1. The van der Waals surface area contributed by atoms with Crippen molar-refractivity contribution in [3.63, 3.8) is 0 Å². The molecule has 0 aromatic heterocycles. The Bertz CT molecular complexity index is 1060. The van der Waals surface area contributed by atoms with Crippen molar-refractivity contribution in [2.24, 2.45) is 11.7 Å². The van der Waals surface area contributed by atoms with Gasteiger partial charge in [0.2, 0.25) is 11.6 Å². The van der Waals surface area contributed by atoms with Crippen LogP contribution < -0.4 is 10.5 Å². The molecule has 2 saturated heterocycles. The van der Waals surface area contributed by atoms with E-state index in [0.29, 0.717) is 31.6 Å². The number of rotatable bonds is 8. The number of amides is 2. The van der Waals surface area contributed by atoms with Crippen LogP contribution in [0, 0.1) is 11.7 Å². The minimum Gasteiger partial charge on any atom is -0.490 e. The minimum absolute atomic E-state index is 0.0653. The van der Waals surface area contributed by atoms with E-state index in [1.165, 1.54) is 29.2 Å². The van der Waals surface area contributed by atoms with Gasteiger partial charge in [0.1, 0.15) is 11.7 Å². The van der Waals surface area contributed by atoms with Crippen molar-refractivity contribution in [1.29, 1.82) is 0 Å². The van der Waals surface area contributed by atoms with Crippen molar-refractivity contribution in [3.05, 3.63) is 53.9 Å². The van der Waals surface area contributed by atoms with Gasteiger partial charge in [-0.05, 0) is 82.3 Å². The molecular weight excluding hydrogens is 483 g/mol. The number of allylic oxidation sites excluding steroid dienone is 3. The average Bonchev–Trinajstić information content (AvgIpc) is 3.33. The van der Waals surface area contributed by atoms with E-state index in [1.54, 1.807) is 26.0 Å². The average molecular weight is 520 g/mol. The zero-order chi connectivity index (χ0) is 26.8. The van der Waals surface area contributed by atoms with Crippen LogP contribution in [0.5, 0.6) is 5.75 Å². The summed E-state index contributed by atoms with van der Waals surface area (Å²) in [5, 5.41) is 0. The molecule has 1 aliphatic carbocycles. The Labute approximate surface area is 216 Å². The highest BCUT2D eigenvalue weighted by molar-refractivity contribution is 5.94. The molecule has 2 N–H and O–H groups in total. The molecule has 4 rings (SSSR count). The third kappa shape index (κ3) is 6.20. The molecule has 0 bridgehead atoms. The van der Waals surface area contributed by atoms with Gasteiger partial charge in [0.15, 0.2) is 11.6 Å². The molecule has 1 aromatic rings. The highest BCUT2D eigenvalue weighted by Crippen LogP contribution is 2.41. The number of nitrogens with two attached hydrogens (primary N) is 1. The molecule has 3 atom stereocenters. The molecule has 0 spiro atoms. The van der Waals surface area contributed by atoms with Crippen molar-refractivity contribution >= 4 is 11.8 Å². The molecule has 6 nitrogen and oxygen atoms in total. The van der Waals surface area contributed by atoms with E-state index in [0.717, 1.165) is 32.0 Å². The lowest BCUT2D eigenvalue weighted by molar-refractivity contribution is -0.145. The van der Waals surface area contributed by atoms with Crippen LogP contribution in [0.1, 0.15) is 51.0 Å². The number of ether oxygens (including phenoxy) is 1. The zero-order valence-corrected chi connectivity index (χ0v) is 21.5.